The maximum Gasteiger partial charge on any atom is 0.300 e. The van der Waals surface area contributed by atoms with Gasteiger partial charge in [-0.1, -0.05) is 0 Å². The van der Waals surface area contributed by atoms with Crippen LogP contribution in [0.25, 0.3) is 11.0 Å². The first kappa shape index (κ1) is 21.8. The highest BCUT2D eigenvalue weighted by molar-refractivity contribution is 5.93. The van der Waals surface area contributed by atoms with Crippen molar-refractivity contribution in [2.24, 2.45) is 0 Å². The standard InChI is InChI=1S/C21H25N5O6/c1-29-16-3-6-19(30-2)15(13-16)14-25(8-7-24-9-11-31-12-10-24)17-4-5-18(26(27)28)21-20(17)22-32-23-21/h3-6,13H,7-12,14H2,1-2H3. The van der Waals surface area contributed by atoms with Crippen LogP contribution in [0.5, 0.6) is 11.5 Å². The Labute approximate surface area is 184 Å². The van der Waals surface area contributed by atoms with Gasteiger partial charge in [0.05, 0.1) is 38.0 Å². The van der Waals surface area contributed by atoms with Gasteiger partial charge < -0.3 is 19.1 Å². The summed E-state index contributed by atoms with van der Waals surface area (Å²) in [5, 5.41) is 19.2. The molecule has 1 saturated heterocycles. The second-order valence-corrected chi connectivity index (χ2v) is 7.38. The summed E-state index contributed by atoms with van der Waals surface area (Å²) in [6.45, 7) is 5.05. The second kappa shape index (κ2) is 9.79. The lowest BCUT2D eigenvalue weighted by Gasteiger charge is -2.31. The second-order valence-electron chi connectivity index (χ2n) is 7.38. The summed E-state index contributed by atoms with van der Waals surface area (Å²) >= 11 is 0. The van der Waals surface area contributed by atoms with Crippen molar-refractivity contribution >= 4 is 22.4 Å². The molecular formula is C21H25N5O6. The van der Waals surface area contributed by atoms with Gasteiger partial charge in [-0.25, -0.2) is 4.63 Å². The van der Waals surface area contributed by atoms with Crippen LogP contribution in [-0.2, 0) is 11.3 Å². The van der Waals surface area contributed by atoms with Gasteiger partial charge in [-0.15, -0.1) is 0 Å². The molecule has 2 heterocycles. The van der Waals surface area contributed by atoms with Crippen molar-refractivity contribution in [2.45, 2.75) is 6.54 Å². The van der Waals surface area contributed by atoms with E-state index in [4.69, 9.17) is 18.8 Å². The number of nitro groups is 1. The summed E-state index contributed by atoms with van der Waals surface area (Å²) < 4.78 is 21.3. The molecule has 11 nitrogen and oxygen atoms in total. The summed E-state index contributed by atoms with van der Waals surface area (Å²) in [5.74, 6) is 1.43. The molecule has 0 amide bonds. The zero-order valence-corrected chi connectivity index (χ0v) is 18.0. The first-order valence-electron chi connectivity index (χ1n) is 10.3. The number of anilines is 1. The van der Waals surface area contributed by atoms with E-state index in [1.54, 1.807) is 20.3 Å². The normalized spacial score (nSPS) is 14.4. The first-order valence-corrected chi connectivity index (χ1v) is 10.3. The molecule has 1 aromatic heterocycles. The highest BCUT2D eigenvalue weighted by atomic mass is 16.6. The van der Waals surface area contributed by atoms with E-state index in [2.05, 4.69) is 20.1 Å². The molecule has 1 aliphatic heterocycles. The molecular weight excluding hydrogens is 418 g/mol. The van der Waals surface area contributed by atoms with E-state index in [9.17, 15) is 10.1 Å². The van der Waals surface area contributed by atoms with Gasteiger partial charge in [-0.05, 0) is 34.6 Å². The summed E-state index contributed by atoms with van der Waals surface area (Å²) in [6.07, 6.45) is 0. The Morgan fingerprint density at radius 3 is 2.62 bits per heavy atom. The Morgan fingerprint density at radius 2 is 1.91 bits per heavy atom. The Balaban J connectivity index is 1.70. The third-order valence-corrected chi connectivity index (χ3v) is 5.55. The third-order valence-electron chi connectivity index (χ3n) is 5.55. The van der Waals surface area contributed by atoms with Crippen LogP contribution in [0.4, 0.5) is 11.4 Å². The van der Waals surface area contributed by atoms with Crippen molar-refractivity contribution in [1.29, 1.82) is 0 Å². The van der Waals surface area contributed by atoms with Gasteiger partial charge in [0.25, 0.3) is 0 Å². The molecule has 0 spiro atoms. The number of rotatable bonds is 9. The maximum atomic E-state index is 11.4. The molecule has 1 aliphatic rings. The van der Waals surface area contributed by atoms with Gasteiger partial charge in [-0.3, -0.25) is 15.0 Å². The molecule has 0 aliphatic carbocycles. The highest BCUT2D eigenvalue weighted by Gasteiger charge is 2.24. The van der Waals surface area contributed by atoms with E-state index in [0.29, 0.717) is 43.3 Å². The number of non-ortho nitro benzene ring substituents is 1. The minimum atomic E-state index is -0.487. The molecule has 0 unspecified atom stereocenters. The molecule has 4 rings (SSSR count). The number of methoxy groups -OCH3 is 2. The predicted octanol–water partition coefficient (Wildman–Crippen LogP) is 2.49. The fourth-order valence-electron chi connectivity index (χ4n) is 3.83. The summed E-state index contributed by atoms with van der Waals surface area (Å²) in [4.78, 5) is 15.3. The summed E-state index contributed by atoms with van der Waals surface area (Å²) in [5.41, 5.74) is 1.95. The van der Waals surface area contributed by atoms with E-state index in [-0.39, 0.29) is 11.2 Å². The fourth-order valence-corrected chi connectivity index (χ4v) is 3.83. The number of hydrogen-bond donors (Lipinski definition) is 0. The Kier molecular flexibility index (Phi) is 6.66. The third kappa shape index (κ3) is 4.58. The molecule has 170 valence electrons. The van der Waals surface area contributed by atoms with Crippen LogP contribution in [0.15, 0.2) is 35.0 Å². The monoisotopic (exact) mass is 443 g/mol. The first-order chi connectivity index (χ1) is 15.6. The van der Waals surface area contributed by atoms with Crippen LogP contribution >= 0.6 is 0 Å². The zero-order valence-electron chi connectivity index (χ0n) is 18.0. The lowest BCUT2D eigenvalue weighted by atomic mass is 10.1. The van der Waals surface area contributed by atoms with Crippen molar-refractivity contribution in [3.8, 4) is 11.5 Å². The van der Waals surface area contributed by atoms with Gasteiger partial charge in [0.2, 0.25) is 5.52 Å². The van der Waals surface area contributed by atoms with Crippen LogP contribution in [0.3, 0.4) is 0 Å². The number of ether oxygens (including phenoxy) is 3. The maximum absolute atomic E-state index is 11.4. The number of morpholine rings is 1. The van der Waals surface area contributed by atoms with Crippen molar-refractivity contribution in [3.63, 3.8) is 0 Å². The Morgan fingerprint density at radius 1 is 1.12 bits per heavy atom. The lowest BCUT2D eigenvalue weighted by Crippen LogP contribution is -2.41. The summed E-state index contributed by atoms with van der Waals surface area (Å²) in [6, 6.07) is 8.75. The van der Waals surface area contributed by atoms with Crippen LogP contribution in [0.2, 0.25) is 0 Å². The van der Waals surface area contributed by atoms with Crippen LogP contribution in [0.1, 0.15) is 5.56 Å². The zero-order chi connectivity index (χ0) is 22.5. The number of fused-ring (bicyclic) bond motifs is 1. The topological polar surface area (TPSA) is 116 Å². The minimum absolute atomic E-state index is 0.126. The Bertz CT molecular complexity index is 1080. The van der Waals surface area contributed by atoms with Crippen molar-refractivity contribution in [2.75, 3.05) is 58.5 Å². The number of nitro benzene ring substituents is 1. The molecule has 0 radical (unpaired) electrons. The molecule has 0 saturated carbocycles. The van der Waals surface area contributed by atoms with Gasteiger partial charge in [0.1, 0.15) is 11.5 Å². The average molecular weight is 443 g/mol. The average Bonchev–Trinajstić information content (AvgIpc) is 3.31. The largest absolute Gasteiger partial charge is 0.497 e. The highest BCUT2D eigenvalue weighted by Crippen LogP contribution is 2.33. The molecule has 3 aromatic rings. The number of aromatic nitrogens is 2. The van der Waals surface area contributed by atoms with E-state index < -0.39 is 4.92 Å². The smallest absolute Gasteiger partial charge is 0.300 e. The molecule has 0 atom stereocenters. The van der Waals surface area contributed by atoms with E-state index in [0.717, 1.165) is 30.9 Å². The van der Waals surface area contributed by atoms with Crippen LogP contribution in [0, 0.1) is 10.1 Å². The number of benzene rings is 2. The lowest BCUT2D eigenvalue weighted by molar-refractivity contribution is -0.383. The van der Waals surface area contributed by atoms with Crippen molar-refractivity contribution in [3.05, 3.63) is 46.0 Å². The predicted molar refractivity (Wildman–Crippen MR) is 116 cm³/mol. The molecule has 0 N–H and O–H groups in total. The van der Waals surface area contributed by atoms with E-state index >= 15 is 0 Å². The van der Waals surface area contributed by atoms with Crippen LogP contribution in [-0.4, -0.2) is 73.7 Å². The SMILES string of the molecule is COc1ccc(OC)c(CN(CCN2CCOCC2)c2ccc([N+](=O)[O-])c3nonc23)c1. The quantitative estimate of drug-likeness (QED) is 0.361. The molecule has 1 fully saturated rings. The van der Waals surface area contributed by atoms with Gasteiger partial charge in [-0.2, -0.15) is 0 Å². The minimum Gasteiger partial charge on any atom is -0.497 e. The van der Waals surface area contributed by atoms with E-state index in [1.165, 1.54) is 6.07 Å². The fraction of sp³-hybridized carbons (Fsp3) is 0.429. The molecule has 32 heavy (non-hydrogen) atoms. The number of nitrogens with zero attached hydrogens (tertiary/aromatic N) is 5. The summed E-state index contributed by atoms with van der Waals surface area (Å²) in [7, 11) is 3.23. The molecule has 0 bridgehead atoms. The molecule has 11 heteroatoms. The molecule has 2 aromatic carbocycles. The Hall–Kier alpha value is -3.44. The van der Waals surface area contributed by atoms with Gasteiger partial charge >= 0.3 is 5.69 Å². The number of hydrogen-bond acceptors (Lipinski definition) is 10. The van der Waals surface area contributed by atoms with Gasteiger partial charge in [0.15, 0.2) is 5.52 Å². The van der Waals surface area contributed by atoms with Gasteiger partial charge in [0, 0.05) is 44.4 Å². The van der Waals surface area contributed by atoms with Crippen molar-refractivity contribution in [1.82, 2.24) is 15.2 Å². The van der Waals surface area contributed by atoms with Crippen molar-refractivity contribution < 1.29 is 23.8 Å². The van der Waals surface area contributed by atoms with E-state index in [1.807, 2.05) is 18.2 Å². The van der Waals surface area contributed by atoms with Crippen LogP contribution < -0.4 is 14.4 Å².